The summed E-state index contributed by atoms with van der Waals surface area (Å²) in [4.78, 5) is 0. The van der Waals surface area contributed by atoms with Crippen LogP contribution in [0.15, 0.2) is 23.3 Å². The van der Waals surface area contributed by atoms with Crippen molar-refractivity contribution in [1.82, 2.24) is 0 Å². The number of allylic oxidation sites excluding steroid dienone is 3. The minimum atomic E-state index is -1.09. The Morgan fingerprint density at radius 1 is 0.972 bits per heavy atom. The summed E-state index contributed by atoms with van der Waals surface area (Å²) < 4.78 is 0. The highest BCUT2D eigenvalue weighted by Gasteiger charge is 2.51. The van der Waals surface area contributed by atoms with Crippen molar-refractivity contribution >= 4 is 0 Å². The highest BCUT2D eigenvalue weighted by molar-refractivity contribution is 5.26. The van der Waals surface area contributed by atoms with Crippen molar-refractivity contribution in [3.63, 3.8) is 0 Å². The number of fused-ring (bicyclic) bond motifs is 1. The zero-order chi connectivity index (χ0) is 26.7. The quantitative estimate of drug-likeness (QED) is 0.272. The predicted molar refractivity (Wildman–Crippen MR) is 145 cm³/mol. The Morgan fingerprint density at radius 2 is 1.64 bits per heavy atom. The second kappa shape index (κ2) is 12.0. The molecule has 7 atom stereocenters. The minimum Gasteiger partial charge on any atom is -0.393 e. The van der Waals surface area contributed by atoms with Crippen molar-refractivity contribution in [2.45, 2.75) is 148 Å². The van der Waals surface area contributed by atoms with Gasteiger partial charge in [0.25, 0.3) is 0 Å². The third-order valence-corrected chi connectivity index (χ3v) is 9.67. The zero-order valence-electron chi connectivity index (χ0n) is 23.5. The lowest BCUT2D eigenvalue weighted by molar-refractivity contribution is -0.0563. The summed E-state index contributed by atoms with van der Waals surface area (Å²) in [5.74, 6) is 1.61. The van der Waals surface area contributed by atoms with Crippen molar-refractivity contribution < 1.29 is 25.5 Å². The van der Waals surface area contributed by atoms with E-state index >= 15 is 0 Å². The largest absolute Gasteiger partial charge is 0.393 e. The van der Waals surface area contributed by atoms with Crippen LogP contribution in [-0.2, 0) is 0 Å². The summed E-state index contributed by atoms with van der Waals surface area (Å²) >= 11 is 0. The van der Waals surface area contributed by atoms with Crippen molar-refractivity contribution in [3.05, 3.63) is 23.3 Å². The first kappa shape index (κ1) is 29.8. The summed E-state index contributed by atoms with van der Waals surface area (Å²) in [6.45, 7) is 9.61. The van der Waals surface area contributed by atoms with E-state index in [9.17, 15) is 25.5 Å². The fourth-order valence-electron chi connectivity index (χ4n) is 7.65. The molecule has 0 saturated heterocycles. The molecule has 0 radical (unpaired) electrons. The van der Waals surface area contributed by atoms with Gasteiger partial charge in [0.2, 0.25) is 0 Å². The third kappa shape index (κ3) is 7.89. The molecule has 0 bridgehead atoms. The van der Waals surface area contributed by atoms with Crippen LogP contribution in [0.25, 0.3) is 0 Å². The Hall–Kier alpha value is -0.720. The smallest absolute Gasteiger partial charge is 0.0849 e. The highest BCUT2D eigenvalue weighted by Crippen LogP contribution is 2.60. The molecular weight excluding hydrogens is 452 g/mol. The normalized spacial score (nSPS) is 35.7. The Bertz CT molecular complexity index is 761. The van der Waals surface area contributed by atoms with Crippen LogP contribution in [0.1, 0.15) is 118 Å². The number of hydrogen-bond acceptors (Lipinski definition) is 5. The van der Waals surface area contributed by atoms with Crippen LogP contribution in [0.3, 0.4) is 0 Å². The van der Waals surface area contributed by atoms with Gasteiger partial charge in [-0.25, -0.2) is 0 Å². The lowest BCUT2D eigenvalue weighted by Gasteiger charge is -2.45. The van der Waals surface area contributed by atoms with E-state index in [-0.39, 0.29) is 5.41 Å². The second-order valence-electron chi connectivity index (χ2n) is 13.8. The van der Waals surface area contributed by atoms with Crippen molar-refractivity contribution in [2.24, 2.45) is 23.2 Å². The number of rotatable bonds is 10. The van der Waals surface area contributed by atoms with Crippen LogP contribution in [0.5, 0.6) is 0 Å². The van der Waals surface area contributed by atoms with E-state index < -0.39 is 29.5 Å². The zero-order valence-corrected chi connectivity index (χ0v) is 23.5. The molecule has 5 heteroatoms. The monoisotopic (exact) mass is 506 g/mol. The maximum atomic E-state index is 10.6. The van der Waals surface area contributed by atoms with E-state index in [0.29, 0.717) is 43.4 Å². The molecule has 0 aromatic heterocycles. The topological polar surface area (TPSA) is 101 Å². The maximum absolute atomic E-state index is 10.6. The van der Waals surface area contributed by atoms with E-state index in [1.165, 1.54) is 31.3 Å². The number of aliphatic hydroxyl groups is 5. The molecule has 3 aliphatic carbocycles. The lowest BCUT2D eigenvalue weighted by Crippen LogP contribution is -2.39. The fraction of sp³-hybridized carbons (Fsp3) is 0.871. The highest BCUT2D eigenvalue weighted by atomic mass is 16.3. The van der Waals surface area contributed by atoms with E-state index in [1.807, 2.05) is 13.8 Å². The molecular formula is C31H54O5. The summed E-state index contributed by atoms with van der Waals surface area (Å²) in [6.07, 6.45) is 14.9. The molecule has 36 heavy (non-hydrogen) atoms. The van der Waals surface area contributed by atoms with Crippen LogP contribution >= 0.6 is 0 Å². The van der Waals surface area contributed by atoms with Crippen LogP contribution in [-0.4, -0.2) is 55.0 Å². The molecule has 0 aromatic rings. The predicted octanol–water partition coefficient (Wildman–Crippen LogP) is 5.43. The van der Waals surface area contributed by atoms with E-state index in [1.54, 1.807) is 13.8 Å². The van der Waals surface area contributed by atoms with Crippen LogP contribution in [0.2, 0.25) is 0 Å². The van der Waals surface area contributed by atoms with E-state index in [2.05, 4.69) is 19.1 Å². The molecule has 5 nitrogen and oxygen atoms in total. The summed E-state index contributed by atoms with van der Waals surface area (Å²) in [5.41, 5.74) is 1.16. The van der Waals surface area contributed by atoms with Crippen LogP contribution in [0.4, 0.5) is 0 Å². The van der Waals surface area contributed by atoms with E-state index in [0.717, 1.165) is 37.7 Å². The Balaban J connectivity index is 1.76. The fourth-order valence-corrected chi connectivity index (χ4v) is 7.65. The van der Waals surface area contributed by atoms with Gasteiger partial charge in [-0.2, -0.15) is 0 Å². The molecule has 208 valence electrons. The van der Waals surface area contributed by atoms with Gasteiger partial charge in [-0.15, -0.1) is 0 Å². The molecule has 3 aliphatic rings. The number of hydrogen-bond donors (Lipinski definition) is 5. The molecule has 2 unspecified atom stereocenters. The van der Waals surface area contributed by atoms with Gasteiger partial charge < -0.3 is 25.5 Å². The van der Waals surface area contributed by atoms with E-state index in [4.69, 9.17) is 0 Å². The molecule has 5 N–H and O–H groups in total. The average molecular weight is 507 g/mol. The van der Waals surface area contributed by atoms with Gasteiger partial charge >= 0.3 is 0 Å². The first-order valence-corrected chi connectivity index (χ1v) is 14.6. The van der Waals surface area contributed by atoms with Gasteiger partial charge in [-0.1, -0.05) is 43.1 Å². The number of aliphatic hydroxyl groups excluding tert-OH is 3. The van der Waals surface area contributed by atoms with Gasteiger partial charge in [0, 0.05) is 0 Å². The Morgan fingerprint density at radius 3 is 2.25 bits per heavy atom. The molecule has 0 heterocycles. The van der Waals surface area contributed by atoms with Gasteiger partial charge in [0.15, 0.2) is 0 Å². The minimum absolute atomic E-state index is 0.229. The molecule has 3 saturated carbocycles. The summed E-state index contributed by atoms with van der Waals surface area (Å²) in [7, 11) is 0. The maximum Gasteiger partial charge on any atom is 0.0849 e. The van der Waals surface area contributed by atoms with Gasteiger partial charge in [-0.05, 0) is 121 Å². The lowest BCUT2D eigenvalue weighted by atomic mass is 9.60. The van der Waals surface area contributed by atoms with Gasteiger partial charge in [0.05, 0.1) is 29.5 Å². The molecule has 0 spiro atoms. The Kier molecular flexibility index (Phi) is 9.93. The van der Waals surface area contributed by atoms with Crippen molar-refractivity contribution in [1.29, 1.82) is 0 Å². The second-order valence-corrected chi connectivity index (χ2v) is 13.8. The molecule has 3 rings (SSSR count). The molecule has 0 amide bonds. The van der Waals surface area contributed by atoms with Crippen molar-refractivity contribution in [3.8, 4) is 0 Å². The third-order valence-electron chi connectivity index (χ3n) is 9.67. The first-order valence-electron chi connectivity index (χ1n) is 14.6. The van der Waals surface area contributed by atoms with Gasteiger partial charge in [0.1, 0.15) is 0 Å². The summed E-state index contributed by atoms with van der Waals surface area (Å²) in [5, 5.41) is 51.3. The molecule has 0 aromatic carbocycles. The molecule has 0 aliphatic heterocycles. The van der Waals surface area contributed by atoms with Crippen LogP contribution < -0.4 is 0 Å². The Labute approximate surface area is 219 Å². The summed E-state index contributed by atoms with van der Waals surface area (Å²) in [6, 6.07) is 0. The molecule has 3 fully saturated rings. The van der Waals surface area contributed by atoms with Gasteiger partial charge in [-0.3, -0.25) is 0 Å². The first-order chi connectivity index (χ1) is 16.7. The average Bonchev–Trinajstić information content (AvgIpc) is 3.09. The SMILES string of the molecule is CC(C)(O)CCC[C@@H](CC[C@@H](O)C(C)(C)O)[C@H]1CCC2/C(=C/C=C3/CC(O)C[C@H](O)C3)CCC[C@@]21C. The standard InChI is InChI=1S/C31H54O5/c1-29(2,35)16-6-8-23(12-15-28(34)30(3,4)36)27-14-13-26-22(9-7-17-31(26,27)5)11-10-21-18-24(32)20-25(33)19-21/h10-11,23-28,32-36H,6-9,12-20H2,1-5H3/b21-10-,22-11+/t23-,24?,25+,26?,27+,28+,31-/m0/s1. The van der Waals surface area contributed by atoms with Crippen molar-refractivity contribution in [2.75, 3.05) is 0 Å². The van der Waals surface area contributed by atoms with Crippen LogP contribution in [0, 0.1) is 23.2 Å².